The second-order valence-corrected chi connectivity index (χ2v) is 6.50. The minimum absolute atomic E-state index is 0.0940. The number of amides is 1. The number of benzene rings is 1. The summed E-state index contributed by atoms with van der Waals surface area (Å²) in [6.07, 6.45) is 0.554. The molecule has 4 nitrogen and oxygen atoms in total. The van der Waals surface area contributed by atoms with Crippen LogP contribution in [0.25, 0.3) is 0 Å². The summed E-state index contributed by atoms with van der Waals surface area (Å²) in [6, 6.07) is 6.88. The van der Waals surface area contributed by atoms with Gasteiger partial charge in [-0.25, -0.2) is 4.79 Å². The summed E-state index contributed by atoms with van der Waals surface area (Å²) in [5.41, 5.74) is 1.07. The van der Waals surface area contributed by atoms with Crippen LogP contribution in [0.15, 0.2) is 24.3 Å². The average Bonchev–Trinajstić information content (AvgIpc) is 2.71. The van der Waals surface area contributed by atoms with Crippen molar-refractivity contribution in [3.05, 3.63) is 35.4 Å². The number of carboxylic acids is 1. The Labute approximate surface area is 119 Å². The summed E-state index contributed by atoms with van der Waals surface area (Å²) in [5, 5.41) is 9.18. The predicted molar refractivity (Wildman–Crippen MR) is 76.4 cm³/mol. The van der Waals surface area contributed by atoms with Gasteiger partial charge in [0, 0.05) is 19.5 Å². The Morgan fingerprint density at radius 1 is 1.35 bits per heavy atom. The second kappa shape index (κ2) is 5.27. The standard InChI is InChI=1S/C16H21NO3/c1-16(2,3)12-8-14(18)17(10-12)9-11-6-4-5-7-13(11)15(19)20/h4-7,12H,8-10H2,1-3H3,(H,19,20). The van der Waals surface area contributed by atoms with E-state index in [-0.39, 0.29) is 16.9 Å². The van der Waals surface area contributed by atoms with Crippen molar-refractivity contribution in [2.75, 3.05) is 6.54 Å². The minimum atomic E-state index is -0.945. The highest BCUT2D eigenvalue weighted by molar-refractivity contribution is 5.89. The van der Waals surface area contributed by atoms with E-state index in [0.717, 1.165) is 0 Å². The molecule has 0 radical (unpaired) electrons. The van der Waals surface area contributed by atoms with E-state index in [1.807, 2.05) is 6.07 Å². The summed E-state index contributed by atoms with van der Waals surface area (Å²) >= 11 is 0. The fourth-order valence-corrected chi connectivity index (χ4v) is 2.58. The molecule has 0 spiro atoms. The van der Waals surface area contributed by atoms with E-state index >= 15 is 0 Å². The van der Waals surface area contributed by atoms with E-state index in [1.165, 1.54) is 0 Å². The van der Waals surface area contributed by atoms with Crippen molar-refractivity contribution in [2.45, 2.75) is 33.7 Å². The Kier molecular flexibility index (Phi) is 3.84. The lowest BCUT2D eigenvalue weighted by Gasteiger charge is -2.26. The number of aromatic carboxylic acids is 1. The fraction of sp³-hybridized carbons (Fsp3) is 0.500. The molecular weight excluding hydrogens is 254 g/mol. The van der Waals surface area contributed by atoms with Crippen LogP contribution in [-0.2, 0) is 11.3 Å². The maximum Gasteiger partial charge on any atom is 0.336 e. The first kappa shape index (κ1) is 14.6. The molecule has 1 aromatic rings. The Hall–Kier alpha value is -1.84. The third kappa shape index (κ3) is 3.00. The van der Waals surface area contributed by atoms with Crippen LogP contribution in [0.4, 0.5) is 0 Å². The molecule has 108 valence electrons. The van der Waals surface area contributed by atoms with E-state index < -0.39 is 5.97 Å². The third-order valence-electron chi connectivity index (χ3n) is 4.05. The molecule has 1 amide bonds. The molecule has 0 aromatic heterocycles. The Morgan fingerprint density at radius 3 is 2.55 bits per heavy atom. The normalized spacial score (nSPS) is 19.4. The van der Waals surface area contributed by atoms with Crippen LogP contribution in [0.2, 0.25) is 0 Å². The molecule has 0 saturated carbocycles. The first-order valence-corrected chi connectivity index (χ1v) is 6.88. The number of nitrogens with zero attached hydrogens (tertiary/aromatic N) is 1. The number of hydrogen-bond donors (Lipinski definition) is 1. The van der Waals surface area contributed by atoms with Gasteiger partial charge in [-0.15, -0.1) is 0 Å². The van der Waals surface area contributed by atoms with Crippen LogP contribution in [0, 0.1) is 11.3 Å². The molecule has 0 aliphatic carbocycles. The molecule has 1 aliphatic rings. The topological polar surface area (TPSA) is 57.6 Å². The van der Waals surface area contributed by atoms with Gasteiger partial charge in [-0.3, -0.25) is 4.79 Å². The highest BCUT2D eigenvalue weighted by Gasteiger charge is 2.36. The van der Waals surface area contributed by atoms with Gasteiger partial charge >= 0.3 is 5.97 Å². The first-order valence-electron chi connectivity index (χ1n) is 6.88. The molecule has 1 fully saturated rings. The third-order valence-corrected chi connectivity index (χ3v) is 4.05. The molecule has 1 aliphatic heterocycles. The summed E-state index contributed by atoms with van der Waals surface area (Å²) in [6.45, 7) is 7.50. The largest absolute Gasteiger partial charge is 0.478 e. The lowest BCUT2D eigenvalue weighted by Crippen LogP contribution is -2.28. The zero-order valence-electron chi connectivity index (χ0n) is 12.2. The lowest BCUT2D eigenvalue weighted by atomic mass is 9.80. The van der Waals surface area contributed by atoms with Crippen molar-refractivity contribution in [1.82, 2.24) is 4.90 Å². The molecule has 0 bridgehead atoms. The van der Waals surface area contributed by atoms with Gasteiger partial charge in [0.15, 0.2) is 0 Å². The van der Waals surface area contributed by atoms with Crippen LogP contribution < -0.4 is 0 Å². The Balaban J connectivity index is 2.16. The zero-order chi connectivity index (χ0) is 14.9. The van der Waals surface area contributed by atoms with E-state index in [2.05, 4.69) is 20.8 Å². The van der Waals surface area contributed by atoms with E-state index in [0.29, 0.717) is 31.0 Å². The van der Waals surface area contributed by atoms with Gasteiger partial charge in [-0.2, -0.15) is 0 Å². The van der Waals surface area contributed by atoms with Crippen molar-refractivity contribution < 1.29 is 14.7 Å². The maximum absolute atomic E-state index is 12.1. The van der Waals surface area contributed by atoms with Gasteiger partial charge in [-0.05, 0) is 23.0 Å². The van der Waals surface area contributed by atoms with Gasteiger partial charge in [-0.1, -0.05) is 39.0 Å². The molecule has 20 heavy (non-hydrogen) atoms. The molecule has 1 N–H and O–H groups in total. The summed E-state index contributed by atoms with van der Waals surface area (Å²) in [4.78, 5) is 25.1. The Bertz CT molecular complexity index is 531. The monoisotopic (exact) mass is 275 g/mol. The number of rotatable bonds is 3. The van der Waals surface area contributed by atoms with Crippen LogP contribution in [0.1, 0.15) is 43.1 Å². The highest BCUT2D eigenvalue weighted by Crippen LogP contribution is 2.34. The number of likely N-dealkylation sites (tertiary alicyclic amines) is 1. The van der Waals surface area contributed by atoms with Crippen molar-refractivity contribution in [1.29, 1.82) is 0 Å². The SMILES string of the molecule is CC(C)(C)C1CC(=O)N(Cc2ccccc2C(=O)O)C1. The number of carboxylic acid groups (broad SMARTS) is 1. The molecule has 1 unspecified atom stereocenters. The van der Waals surface area contributed by atoms with Crippen molar-refractivity contribution in [2.24, 2.45) is 11.3 Å². The quantitative estimate of drug-likeness (QED) is 0.922. The molecule has 1 saturated heterocycles. The average molecular weight is 275 g/mol. The number of carbonyl (C=O) groups is 2. The minimum Gasteiger partial charge on any atom is -0.478 e. The van der Waals surface area contributed by atoms with E-state index in [9.17, 15) is 14.7 Å². The van der Waals surface area contributed by atoms with Gasteiger partial charge in [0.2, 0.25) is 5.91 Å². The van der Waals surface area contributed by atoms with Crippen LogP contribution in [-0.4, -0.2) is 28.4 Å². The van der Waals surface area contributed by atoms with Crippen molar-refractivity contribution in [3.8, 4) is 0 Å². The van der Waals surface area contributed by atoms with Crippen molar-refractivity contribution in [3.63, 3.8) is 0 Å². The van der Waals surface area contributed by atoms with Gasteiger partial charge in [0.1, 0.15) is 0 Å². The Morgan fingerprint density at radius 2 is 2.00 bits per heavy atom. The number of carbonyl (C=O) groups excluding carboxylic acids is 1. The summed E-state index contributed by atoms with van der Waals surface area (Å²) in [5.74, 6) is -0.503. The summed E-state index contributed by atoms with van der Waals surface area (Å²) in [7, 11) is 0. The van der Waals surface area contributed by atoms with Gasteiger partial charge in [0.25, 0.3) is 0 Å². The van der Waals surface area contributed by atoms with Crippen LogP contribution in [0.5, 0.6) is 0 Å². The second-order valence-electron chi connectivity index (χ2n) is 6.50. The van der Waals surface area contributed by atoms with Crippen molar-refractivity contribution >= 4 is 11.9 Å². The lowest BCUT2D eigenvalue weighted by molar-refractivity contribution is -0.128. The van der Waals surface area contributed by atoms with Gasteiger partial charge in [0.05, 0.1) is 5.56 Å². The first-order chi connectivity index (χ1) is 9.29. The highest BCUT2D eigenvalue weighted by atomic mass is 16.4. The number of hydrogen-bond acceptors (Lipinski definition) is 2. The fourth-order valence-electron chi connectivity index (χ4n) is 2.58. The zero-order valence-corrected chi connectivity index (χ0v) is 12.2. The molecule has 2 rings (SSSR count). The van der Waals surface area contributed by atoms with E-state index in [1.54, 1.807) is 23.1 Å². The molecule has 1 heterocycles. The predicted octanol–water partition coefficient (Wildman–Crippen LogP) is 2.78. The maximum atomic E-state index is 12.1. The van der Waals surface area contributed by atoms with E-state index in [4.69, 9.17) is 0 Å². The summed E-state index contributed by atoms with van der Waals surface area (Å²) < 4.78 is 0. The molecular formula is C16H21NO3. The molecule has 1 aromatic carbocycles. The van der Waals surface area contributed by atoms with Gasteiger partial charge < -0.3 is 10.0 Å². The van der Waals surface area contributed by atoms with Crippen LogP contribution >= 0.6 is 0 Å². The van der Waals surface area contributed by atoms with Crippen LogP contribution in [0.3, 0.4) is 0 Å². The smallest absolute Gasteiger partial charge is 0.336 e. The molecule has 4 heteroatoms. The molecule has 1 atom stereocenters.